The Morgan fingerprint density at radius 3 is 2.90 bits per heavy atom. The van der Waals surface area contributed by atoms with Gasteiger partial charge in [0, 0.05) is 13.6 Å². The molecule has 0 spiro atoms. The predicted molar refractivity (Wildman–Crippen MR) is 39.6 cm³/mol. The normalized spacial score (nSPS) is 26.8. The van der Waals surface area contributed by atoms with Crippen molar-refractivity contribution < 1.29 is 4.79 Å². The Morgan fingerprint density at radius 2 is 2.50 bits per heavy atom. The highest BCUT2D eigenvalue weighted by atomic mass is 35.5. The molecular formula is C6H11ClN2O. The molecule has 1 fully saturated rings. The Morgan fingerprint density at radius 1 is 1.80 bits per heavy atom. The van der Waals surface area contributed by atoms with Crippen molar-refractivity contribution in [1.82, 2.24) is 9.74 Å². The van der Waals surface area contributed by atoms with Gasteiger partial charge in [-0.2, -0.15) is 0 Å². The fourth-order valence-corrected chi connectivity index (χ4v) is 1.46. The van der Waals surface area contributed by atoms with E-state index in [1.165, 1.54) is 0 Å². The lowest BCUT2D eigenvalue weighted by Gasteiger charge is -2.13. The van der Waals surface area contributed by atoms with Gasteiger partial charge in [-0.05, 0) is 24.6 Å². The SMILES string of the molecule is CNC(=O)C1CCCN1Cl. The molecule has 1 saturated heterocycles. The molecule has 1 aliphatic rings. The van der Waals surface area contributed by atoms with Crippen LogP contribution < -0.4 is 5.32 Å². The second-order valence-electron chi connectivity index (χ2n) is 2.40. The van der Waals surface area contributed by atoms with Crippen LogP contribution in [0, 0.1) is 0 Å². The van der Waals surface area contributed by atoms with Gasteiger partial charge < -0.3 is 5.32 Å². The summed E-state index contributed by atoms with van der Waals surface area (Å²) >= 11 is 5.72. The molecule has 1 amide bonds. The summed E-state index contributed by atoms with van der Waals surface area (Å²) in [6, 6.07) is -0.105. The van der Waals surface area contributed by atoms with E-state index in [9.17, 15) is 4.79 Å². The number of amides is 1. The Kier molecular flexibility index (Phi) is 2.51. The minimum absolute atomic E-state index is 0.0208. The van der Waals surface area contributed by atoms with Crippen LogP contribution in [-0.2, 0) is 4.79 Å². The summed E-state index contributed by atoms with van der Waals surface area (Å²) in [6.45, 7) is 0.819. The van der Waals surface area contributed by atoms with Crippen molar-refractivity contribution in [2.24, 2.45) is 0 Å². The van der Waals surface area contributed by atoms with Crippen molar-refractivity contribution in [2.75, 3.05) is 13.6 Å². The minimum Gasteiger partial charge on any atom is -0.358 e. The second kappa shape index (κ2) is 3.21. The molecule has 1 unspecified atom stereocenters. The Labute approximate surface area is 65.4 Å². The van der Waals surface area contributed by atoms with Crippen LogP contribution in [-0.4, -0.2) is 30.0 Å². The van der Waals surface area contributed by atoms with E-state index in [1.807, 2.05) is 0 Å². The molecule has 58 valence electrons. The van der Waals surface area contributed by atoms with Crippen LogP contribution in [0.15, 0.2) is 0 Å². The number of carbonyl (C=O) groups excluding carboxylic acids is 1. The summed E-state index contributed by atoms with van der Waals surface area (Å²) in [4.78, 5) is 11.0. The zero-order valence-corrected chi connectivity index (χ0v) is 6.69. The lowest BCUT2D eigenvalue weighted by molar-refractivity contribution is -0.123. The van der Waals surface area contributed by atoms with E-state index in [0.717, 1.165) is 19.4 Å². The molecule has 1 aliphatic heterocycles. The molecule has 0 aromatic heterocycles. The molecule has 1 rings (SSSR count). The van der Waals surface area contributed by atoms with Crippen LogP contribution in [0.25, 0.3) is 0 Å². The molecule has 3 nitrogen and oxygen atoms in total. The molecule has 1 heterocycles. The number of hydrogen-bond donors (Lipinski definition) is 1. The summed E-state index contributed by atoms with van der Waals surface area (Å²) in [5.74, 6) is 0.0208. The fraction of sp³-hybridized carbons (Fsp3) is 0.833. The van der Waals surface area contributed by atoms with Crippen molar-refractivity contribution in [2.45, 2.75) is 18.9 Å². The maximum Gasteiger partial charge on any atom is 0.238 e. The van der Waals surface area contributed by atoms with Crippen LogP contribution >= 0.6 is 11.8 Å². The molecule has 10 heavy (non-hydrogen) atoms. The van der Waals surface area contributed by atoms with E-state index < -0.39 is 0 Å². The number of likely N-dealkylation sites (N-methyl/N-ethyl adjacent to an activating group) is 1. The van der Waals surface area contributed by atoms with Gasteiger partial charge in [0.2, 0.25) is 5.91 Å². The largest absolute Gasteiger partial charge is 0.358 e. The summed E-state index contributed by atoms with van der Waals surface area (Å²) in [5.41, 5.74) is 0. The van der Waals surface area contributed by atoms with Gasteiger partial charge >= 0.3 is 0 Å². The summed E-state index contributed by atoms with van der Waals surface area (Å²) in [6.07, 6.45) is 1.89. The van der Waals surface area contributed by atoms with E-state index in [4.69, 9.17) is 11.8 Å². The van der Waals surface area contributed by atoms with Gasteiger partial charge in [0.1, 0.15) is 6.04 Å². The summed E-state index contributed by atoms with van der Waals surface area (Å²) in [5, 5.41) is 2.57. The average Bonchev–Trinajstić information content (AvgIpc) is 2.34. The highest BCUT2D eigenvalue weighted by Crippen LogP contribution is 2.18. The van der Waals surface area contributed by atoms with E-state index in [0.29, 0.717) is 0 Å². The van der Waals surface area contributed by atoms with E-state index in [2.05, 4.69) is 5.32 Å². The predicted octanol–water partition coefficient (Wildman–Crippen LogP) is 0.351. The first-order chi connectivity index (χ1) is 4.75. The van der Waals surface area contributed by atoms with E-state index in [1.54, 1.807) is 11.5 Å². The first-order valence-electron chi connectivity index (χ1n) is 3.39. The third kappa shape index (κ3) is 1.41. The minimum atomic E-state index is -0.105. The van der Waals surface area contributed by atoms with Crippen LogP contribution in [0.5, 0.6) is 0 Å². The molecule has 0 aromatic rings. The molecule has 0 aromatic carbocycles. The molecular weight excluding hydrogens is 152 g/mol. The van der Waals surface area contributed by atoms with E-state index >= 15 is 0 Å². The van der Waals surface area contributed by atoms with Crippen LogP contribution in [0.3, 0.4) is 0 Å². The van der Waals surface area contributed by atoms with Gasteiger partial charge in [-0.15, -0.1) is 0 Å². The standard InChI is InChI=1S/C6H11ClN2O/c1-8-6(10)5-3-2-4-9(5)7/h5H,2-4H2,1H3,(H,8,10). The van der Waals surface area contributed by atoms with Crippen molar-refractivity contribution >= 4 is 17.7 Å². The first-order valence-corrected chi connectivity index (χ1v) is 3.73. The molecule has 0 saturated carbocycles. The van der Waals surface area contributed by atoms with Crippen molar-refractivity contribution in [3.8, 4) is 0 Å². The van der Waals surface area contributed by atoms with Gasteiger partial charge in [-0.3, -0.25) is 4.79 Å². The monoisotopic (exact) mass is 162 g/mol. The van der Waals surface area contributed by atoms with Gasteiger partial charge in [0.05, 0.1) is 0 Å². The molecule has 1 N–H and O–H groups in total. The number of carbonyl (C=O) groups is 1. The Bertz CT molecular complexity index is 140. The lowest BCUT2D eigenvalue weighted by atomic mass is 10.2. The number of nitrogens with one attached hydrogen (secondary N) is 1. The zero-order valence-electron chi connectivity index (χ0n) is 5.93. The fourth-order valence-electron chi connectivity index (χ4n) is 1.16. The lowest BCUT2D eigenvalue weighted by Crippen LogP contribution is -2.37. The third-order valence-corrected chi connectivity index (χ3v) is 2.14. The average molecular weight is 163 g/mol. The first kappa shape index (κ1) is 7.82. The highest BCUT2D eigenvalue weighted by molar-refractivity contribution is 6.15. The molecule has 4 heteroatoms. The molecule has 0 aliphatic carbocycles. The summed E-state index contributed by atoms with van der Waals surface area (Å²) in [7, 11) is 1.63. The third-order valence-electron chi connectivity index (χ3n) is 1.74. The van der Waals surface area contributed by atoms with Gasteiger partial charge in [-0.25, -0.2) is 4.42 Å². The zero-order chi connectivity index (χ0) is 7.56. The quantitative estimate of drug-likeness (QED) is 0.565. The van der Waals surface area contributed by atoms with E-state index in [-0.39, 0.29) is 11.9 Å². The van der Waals surface area contributed by atoms with Crippen molar-refractivity contribution in [3.05, 3.63) is 0 Å². The smallest absolute Gasteiger partial charge is 0.238 e. The Hall–Kier alpha value is -0.280. The maximum absolute atomic E-state index is 11.0. The number of halogens is 1. The van der Waals surface area contributed by atoms with Crippen molar-refractivity contribution in [3.63, 3.8) is 0 Å². The number of hydrogen-bond acceptors (Lipinski definition) is 2. The summed E-state index contributed by atoms with van der Waals surface area (Å²) < 4.78 is 1.57. The number of nitrogens with zero attached hydrogens (tertiary/aromatic N) is 1. The Balaban J connectivity index is 2.46. The van der Waals surface area contributed by atoms with Gasteiger partial charge in [0.25, 0.3) is 0 Å². The van der Waals surface area contributed by atoms with Crippen LogP contribution in [0.4, 0.5) is 0 Å². The molecule has 0 radical (unpaired) electrons. The second-order valence-corrected chi connectivity index (χ2v) is 2.83. The van der Waals surface area contributed by atoms with Crippen LogP contribution in [0.2, 0.25) is 0 Å². The highest BCUT2D eigenvalue weighted by Gasteiger charge is 2.28. The van der Waals surface area contributed by atoms with Crippen LogP contribution in [0.1, 0.15) is 12.8 Å². The maximum atomic E-state index is 11.0. The van der Waals surface area contributed by atoms with Gasteiger partial charge in [-0.1, -0.05) is 0 Å². The van der Waals surface area contributed by atoms with Crippen molar-refractivity contribution in [1.29, 1.82) is 0 Å². The topological polar surface area (TPSA) is 32.3 Å². The molecule has 0 bridgehead atoms. The molecule has 1 atom stereocenters. The number of rotatable bonds is 1. The van der Waals surface area contributed by atoms with Gasteiger partial charge in [0.15, 0.2) is 0 Å².